The van der Waals surface area contributed by atoms with E-state index in [2.05, 4.69) is 10.3 Å². The molecule has 0 bridgehead atoms. The van der Waals surface area contributed by atoms with Gasteiger partial charge in [-0.15, -0.1) is 0 Å². The second-order valence-electron chi connectivity index (χ2n) is 6.24. The van der Waals surface area contributed by atoms with Crippen LogP contribution in [0.5, 0.6) is 5.88 Å². The number of sulfone groups is 1. The second kappa shape index (κ2) is 8.71. The lowest BCUT2D eigenvalue weighted by molar-refractivity contribution is 0.0944. The number of benzene rings is 1. The predicted octanol–water partition coefficient (Wildman–Crippen LogP) is 2.05. The normalized spacial score (nSPS) is 11.1. The lowest BCUT2D eigenvalue weighted by Crippen LogP contribution is -2.24. The number of carbonyl (C=O) groups is 1. The highest BCUT2D eigenvalue weighted by molar-refractivity contribution is 7.92. The van der Waals surface area contributed by atoms with E-state index in [0.717, 1.165) is 5.56 Å². The fourth-order valence-corrected chi connectivity index (χ4v) is 3.41. The van der Waals surface area contributed by atoms with Gasteiger partial charge in [-0.3, -0.25) is 4.79 Å². The number of ether oxygens (including phenoxy) is 1. The Balaban J connectivity index is 2.13. The SMILES string of the molecule is CCOc1nc(C(=O)NCc2ccc(S(=O)(=O)C(C)C)cc2)cc(N)c1C#N. The Labute approximate surface area is 164 Å². The van der Waals surface area contributed by atoms with Crippen LogP contribution in [-0.4, -0.2) is 31.2 Å². The first-order valence-electron chi connectivity index (χ1n) is 8.65. The van der Waals surface area contributed by atoms with Gasteiger partial charge in [0.05, 0.1) is 22.4 Å². The van der Waals surface area contributed by atoms with Crippen LogP contribution in [0.15, 0.2) is 35.2 Å². The number of nitriles is 1. The molecule has 0 fully saturated rings. The Kier molecular flexibility index (Phi) is 6.59. The fourth-order valence-electron chi connectivity index (χ4n) is 2.35. The first-order chi connectivity index (χ1) is 13.2. The van der Waals surface area contributed by atoms with E-state index in [0.29, 0.717) is 0 Å². The number of nitrogens with two attached hydrogens (primary N) is 1. The smallest absolute Gasteiger partial charge is 0.270 e. The maximum Gasteiger partial charge on any atom is 0.270 e. The first kappa shape index (κ1) is 21.2. The summed E-state index contributed by atoms with van der Waals surface area (Å²) in [6, 6.07) is 9.53. The molecule has 1 aromatic carbocycles. The molecule has 9 heteroatoms. The monoisotopic (exact) mass is 402 g/mol. The topological polar surface area (TPSA) is 135 Å². The van der Waals surface area contributed by atoms with Crippen molar-refractivity contribution in [2.45, 2.75) is 37.5 Å². The third-order valence-corrected chi connectivity index (χ3v) is 6.14. The van der Waals surface area contributed by atoms with E-state index < -0.39 is 21.0 Å². The van der Waals surface area contributed by atoms with Gasteiger partial charge in [-0.1, -0.05) is 12.1 Å². The van der Waals surface area contributed by atoms with Crippen molar-refractivity contribution in [3.8, 4) is 11.9 Å². The average molecular weight is 402 g/mol. The highest BCUT2D eigenvalue weighted by atomic mass is 32.2. The molecule has 1 heterocycles. The minimum Gasteiger partial charge on any atom is -0.477 e. The Bertz CT molecular complexity index is 1010. The summed E-state index contributed by atoms with van der Waals surface area (Å²) in [4.78, 5) is 16.7. The summed E-state index contributed by atoms with van der Waals surface area (Å²) in [5.74, 6) is -0.477. The van der Waals surface area contributed by atoms with Gasteiger partial charge in [0, 0.05) is 6.54 Å². The molecule has 0 saturated heterocycles. The van der Waals surface area contributed by atoms with Crippen LogP contribution >= 0.6 is 0 Å². The van der Waals surface area contributed by atoms with E-state index in [-0.39, 0.29) is 40.9 Å². The molecule has 0 saturated carbocycles. The van der Waals surface area contributed by atoms with Crippen molar-refractivity contribution in [3.05, 3.63) is 47.2 Å². The number of nitrogen functional groups attached to an aromatic ring is 1. The molecule has 0 atom stereocenters. The van der Waals surface area contributed by atoms with Crippen LogP contribution in [0.2, 0.25) is 0 Å². The van der Waals surface area contributed by atoms with Crippen LogP contribution in [-0.2, 0) is 16.4 Å². The van der Waals surface area contributed by atoms with Gasteiger partial charge in [-0.05, 0) is 44.5 Å². The minimum atomic E-state index is -3.34. The zero-order valence-corrected chi connectivity index (χ0v) is 16.7. The quantitative estimate of drug-likeness (QED) is 0.723. The van der Waals surface area contributed by atoms with Crippen LogP contribution in [0.3, 0.4) is 0 Å². The number of hydrogen-bond donors (Lipinski definition) is 2. The van der Waals surface area contributed by atoms with Crippen molar-refractivity contribution in [2.24, 2.45) is 0 Å². The molecule has 1 aromatic heterocycles. The Morgan fingerprint density at radius 2 is 1.96 bits per heavy atom. The van der Waals surface area contributed by atoms with Gasteiger partial charge in [-0.2, -0.15) is 5.26 Å². The lowest BCUT2D eigenvalue weighted by Gasteiger charge is -2.11. The lowest BCUT2D eigenvalue weighted by atomic mass is 10.2. The van der Waals surface area contributed by atoms with Gasteiger partial charge < -0.3 is 15.8 Å². The Hall–Kier alpha value is -3.12. The van der Waals surface area contributed by atoms with Crippen molar-refractivity contribution in [3.63, 3.8) is 0 Å². The number of pyridine rings is 1. The van der Waals surface area contributed by atoms with E-state index in [1.165, 1.54) is 18.2 Å². The van der Waals surface area contributed by atoms with Crippen LogP contribution in [0.1, 0.15) is 42.4 Å². The molecular weight excluding hydrogens is 380 g/mol. The molecule has 1 amide bonds. The van der Waals surface area contributed by atoms with Crippen molar-refractivity contribution < 1.29 is 17.9 Å². The van der Waals surface area contributed by atoms with Crippen molar-refractivity contribution >= 4 is 21.4 Å². The van der Waals surface area contributed by atoms with Crippen molar-refractivity contribution in [1.29, 1.82) is 5.26 Å². The molecule has 0 aliphatic heterocycles. The van der Waals surface area contributed by atoms with Crippen LogP contribution < -0.4 is 15.8 Å². The van der Waals surface area contributed by atoms with E-state index in [9.17, 15) is 13.2 Å². The highest BCUT2D eigenvalue weighted by Crippen LogP contribution is 2.23. The molecule has 3 N–H and O–H groups in total. The predicted molar refractivity (Wildman–Crippen MR) is 104 cm³/mol. The number of nitrogens with zero attached hydrogens (tertiary/aromatic N) is 2. The van der Waals surface area contributed by atoms with E-state index >= 15 is 0 Å². The molecule has 0 spiro atoms. The van der Waals surface area contributed by atoms with Gasteiger partial charge in [0.1, 0.15) is 17.3 Å². The van der Waals surface area contributed by atoms with Crippen molar-refractivity contribution in [2.75, 3.05) is 12.3 Å². The van der Waals surface area contributed by atoms with Crippen LogP contribution in [0, 0.1) is 11.3 Å². The summed E-state index contributed by atoms with van der Waals surface area (Å²) < 4.78 is 29.6. The molecule has 2 rings (SSSR count). The molecule has 0 unspecified atom stereocenters. The number of aromatic nitrogens is 1. The Morgan fingerprint density at radius 1 is 1.32 bits per heavy atom. The third kappa shape index (κ3) is 4.58. The number of rotatable bonds is 7. The molecule has 2 aromatic rings. The fraction of sp³-hybridized carbons (Fsp3) is 0.316. The summed E-state index contributed by atoms with van der Waals surface area (Å²) in [5, 5.41) is 11.3. The van der Waals surface area contributed by atoms with Gasteiger partial charge in [0.15, 0.2) is 9.84 Å². The molecule has 0 aliphatic rings. The zero-order valence-electron chi connectivity index (χ0n) is 15.9. The Morgan fingerprint density at radius 3 is 2.50 bits per heavy atom. The maximum absolute atomic E-state index is 12.4. The first-order valence-corrected chi connectivity index (χ1v) is 10.2. The molecular formula is C19H22N4O4S. The number of anilines is 1. The average Bonchev–Trinajstić information content (AvgIpc) is 2.66. The summed E-state index contributed by atoms with van der Waals surface area (Å²) >= 11 is 0. The summed E-state index contributed by atoms with van der Waals surface area (Å²) in [7, 11) is -3.34. The minimum absolute atomic E-state index is 0.0124. The highest BCUT2D eigenvalue weighted by Gasteiger charge is 2.19. The van der Waals surface area contributed by atoms with Gasteiger partial charge in [0.2, 0.25) is 5.88 Å². The van der Waals surface area contributed by atoms with E-state index in [4.69, 9.17) is 15.7 Å². The van der Waals surface area contributed by atoms with Gasteiger partial charge in [-0.25, -0.2) is 13.4 Å². The number of carbonyl (C=O) groups excluding carboxylic acids is 1. The standard InChI is InChI=1S/C19H22N4O4S/c1-4-27-19-15(10-20)16(21)9-17(23-19)18(24)22-11-13-5-7-14(8-6-13)28(25,26)12(2)3/h5-9,12H,4,11H2,1-3H3,(H2,21,23)(H,22,24). The summed E-state index contributed by atoms with van der Waals surface area (Å²) in [5.41, 5.74) is 6.75. The maximum atomic E-state index is 12.4. The van der Waals surface area contributed by atoms with E-state index in [1.807, 2.05) is 6.07 Å². The third-order valence-electron chi connectivity index (χ3n) is 3.97. The number of hydrogen-bond acceptors (Lipinski definition) is 7. The zero-order chi connectivity index (χ0) is 20.9. The largest absolute Gasteiger partial charge is 0.477 e. The summed E-state index contributed by atoms with van der Waals surface area (Å²) in [6.07, 6.45) is 0. The molecule has 28 heavy (non-hydrogen) atoms. The van der Waals surface area contributed by atoms with Crippen LogP contribution in [0.4, 0.5) is 5.69 Å². The van der Waals surface area contributed by atoms with Crippen molar-refractivity contribution in [1.82, 2.24) is 10.3 Å². The molecule has 8 nitrogen and oxygen atoms in total. The number of amides is 1. The van der Waals surface area contributed by atoms with Gasteiger partial charge >= 0.3 is 0 Å². The van der Waals surface area contributed by atoms with Crippen LogP contribution in [0.25, 0.3) is 0 Å². The summed E-state index contributed by atoms with van der Waals surface area (Å²) in [6.45, 7) is 5.42. The van der Waals surface area contributed by atoms with E-state index in [1.54, 1.807) is 32.9 Å². The second-order valence-corrected chi connectivity index (χ2v) is 8.75. The van der Waals surface area contributed by atoms with Gasteiger partial charge in [0.25, 0.3) is 5.91 Å². The number of nitrogens with one attached hydrogen (secondary N) is 1. The molecule has 148 valence electrons. The molecule has 0 radical (unpaired) electrons. The molecule has 0 aliphatic carbocycles.